The van der Waals surface area contributed by atoms with Crippen molar-refractivity contribution in [2.24, 2.45) is 0 Å². The Hall–Kier alpha value is -1.46. The van der Waals surface area contributed by atoms with Crippen molar-refractivity contribution in [3.63, 3.8) is 0 Å². The molecule has 4 nitrogen and oxygen atoms in total. The van der Waals surface area contributed by atoms with Gasteiger partial charge in [-0.25, -0.2) is 0 Å². The number of nitro groups is 1. The van der Waals surface area contributed by atoms with Crippen molar-refractivity contribution in [3.05, 3.63) is 77.9 Å². The number of rotatable bonds is 5. The predicted octanol–water partition coefficient (Wildman–Crippen LogP) is 6.13. The molecule has 0 aliphatic heterocycles. The smallest absolute Gasteiger partial charge is 0.235 e. The molecule has 2 rings (SSSR count). The van der Waals surface area contributed by atoms with Gasteiger partial charge in [0.1, 0.15) is 12.4 Å². The number of hydrogen-bond acceptors (Lipinski definition) is 3. The second-order valence-electron chi connectivity index (χ2n) is 4.43. The van der Waals surface area contributed by atoms with Crippen LogP contribution in [0.2, 0.25) is 20.1 Å². The van der Waals surface area contributed by atoms with Gasteiger partial charge in [0.2, 0.25) is 6.20 Å². The Morgan fingerprint density at radius 3 is 2.39 bits per heavy atom. The molecule has 0 saturated heterocycles. The van der Waals surface area contributed by atoms with E-state index in [1.165, 1.54) is 18.2 Å². The van der Waals surface area contributed by atoms with Crippen LogP contribution in [0.5, 0.6) is 5.75 Å². The third-order valence-electron chi connectivity index (χ3n) is 2.80. The molecule has 2 aromatic carbocycles. The van der Waals surface area contributed by atoms with Gasteiger partial charge in [-0.3, -0.25) is 10.1 Å². The largest absolute Gasteiger partial charge is 0.487 e. The van der Waals surface area contributed by atoms with Gasteiger partial charge in [-0.05, 0) is 24.3 Å². The van der Waals surface area contributed by atoms with Crippen molar-refractivity contribution < 1.29 is 9.66 Å². The molecule has 2 aromatic rings. The SMILES string of the molecule is O=[N+]([O-])/C=C\c1cc(Cl)cc(Cl)c1OCc1ccc(Cl)cc1Cl. The number of halogens is 4. The quantitative estimate of drug-likeness (QED) is 0.454. The standard InChI is InChI=1S/C15H9Cl4NO3/c16-11-2-1-10(13(18)6-11)8-23-15-9(3-4-20(21)22)5-12(17)7-14(15)19/h1-7H,8H2/b4-3-. The highest BCUT2D eigenvalue weighted by molar-refractivity contribution is 6.36. The lowest BCUT2D eigenvalue weighted by Crippen LogP contribution is -1.99. The van der Waals surface area contributed by atoms with Crippen molar-refractivity contribution in [3.8, 4) is 5.75 Å². The van der Waals surface area contributed by atoms with E-state index in [2.05, 4.69) is 0 Å². The molecule has 0 fully saturated rings. The lowest BCUT2D eigenvalue weighted by atomic mass is 10.2. The number of benzene rings is 2. The van der Waals surface area contributed by atoms with Crippen LogP contribution in [0, 0.1) is 10.1 Å². The van der Waals surface area contributed by atoms with Crippen molar-refractivity contribution in [1.29, 1.82) is 0 Å². The van der Waals surface area contributed by atoms with E-state index in [1.807, 2.05) is 0 Å². The van der Waals surface area contributed by atoms with Crippen LogP contribution in [-0.4, -0.2) is 4.92 Å². The van der Waals surface area contributed by atoms with E-state index in [0.717, 1.165) is 6.20 Å². The summed E-state index contributed by atoms with van der Waals surface area (Å²) in [6.07, 6.45) is 2.04. The van der Waals surface area contributed by atoms with Gasteiger partial charge in [-0.1, -0.05) is 52.5 Å². The minimum Gasteiger partial charge on any atom is -0.487 e. The van der Waals surface area contributed by atoms with Crippen molar-refractivity contribution in [2.45, 2.75) is 6.61 Å². The Morgan fingerprint density at radius 1 is 1.04 bits per heavy atom. The van der Waals surface area contributed by atoms with E-state index in [4.69, 9.17) is 51.1 Å². The normalized spacial score (nSPS) is 11.0. The first-order valence-corrected chi connectivity index (χ1v) is 7.75. The zero-order chi connectivity index (χ0) is 17.0. The van der Waals surface area contributed by atoms with Crippen LogP contribution in [0.1, 0.15) is 11.1 Å². The molecule has 0 saturated carbocycles. The van der Waals surface area contributed by atoms with Gasteiger partial charge in [0, 0.05) is 32.3 Å². The van der Waals surface area contributed by atoms with Gasteiger partial charge in [0.25, 0.3) is 0 Å². The molecular formula is C15H9Cl4NO3. The van der Waals surface area contributed by atoms with Crippen LogP contribution < -0.4 is 4.74 Å². The fraction of sp³-hybridized carbons (Fsp3) is 0.0667. The minimum atomic E-state index is -0.589. The summed E-state index contributed by atoms with van der Waals surface area (Å²) in [5.41, 5.74) is 1.09. The zero-order valence-corrected chi connectivity index (χ0v) is 14.5. The van der Waals surface area contributed by atoms with Crippen LogP contribution in [0.25, 0.3) is 6.08 Å². The molecule has 0 heterocycles. The van der Waals surface area contributed by atoms with Crippen LogP contribution in [0.15, 0.2) is 36.5 Å². The van der Waals surface area contributed by atoms with E-state index in [9.17, 15) is 10.1 Å². The molecule has 120 valence electrons. The second kappa shape index (κ2) is 7.88. The number of nitrogens with zero attached hydrogens (tertiary/aromatic N) is 1. The Balaban J connectivity index is 2.29. The van der Waals surface area contributed by atoms with Crippen molar-refractivity contribution in [2.75, 3.05) is 0 Å². The molecule has 0 bridgehead atoms. The van der Waals surface area contributed by atoms with Crippen molar-refractivity contribution in [1.82, 2.24) is 0 Å². The molecule has 0 aromatic heterocycles. The minimum absolute atomic E-state index is 0.122. The number of hydrogen-bond donors (Lipinski definition) is 0. The summed E-state index contributed by atoms with van der Waals surface area (Å²) < 4.78 is 5.67. The molecule has 0 spiro atoms. The summed E-state index contributed by atoms with van der Waals surface area (Å²) in [5.74, 6) is 0.278. The fourth-order valence-electron chi connectivity index (χ4n) is 1.79. The summed E-state index contributed by atoms with van der Waals surface area (Å²) >= 11 is 24.0. The molecule has 0 atom stereocenters. The zero-order valence-electron chi connectivity index (χ0n) is 11.4. The molecule has 0 unspecified atom stereocenters. The topological polar surface area (TPSA) is 52.4 Å². The lowest BCUT2D eigenvalue weighted by Gasteiger charge is -2.12. The summed E-state index contributed by atoms with van der Waals surface area (Å²) in [5, 5.41) is 12.0. The van der Waals surface area contributed by atoms with Gasteiger partial charge in [0.05, 0.1) is 9.95 Å². The molecule has 0 amide bonds. The summed E-state index contributed by atoms with van der Waals surface area (Å²) in [6, 6.07) is 8.01. The highest BCUT2D eigenvalue weighted by Gasteiger charge is 2.11. The van der Waals surface area contributed by atoms with Gasteiger partial charge in [-0.15, -0.1) is 0 Å². The summed E-state index contributed by atoms with van der Waals surface area (Å²) in [6.45, 7) is 0.122. The van der Waals surface area contributed by atoms with Crippen LogP contribution in [0.4, 0.5) is 0 Å². The van der Waals surface area contributed by atoms with E-state index in [-0.39, 0.29) is 17.4 Å². The highest BCUT2D eigenvalue weighted by atomic mass is 35.5. The van der Waals surface area contributed by atoms with Crippen molar-refractivity contribution >= 4 is 52.5 Å². The van der Waals surface area contributed by atoms with Gasteiger partial charge >= 0.3 is 0 Å². The van der Waals surface area contributed by atoms with Gasteiger partial charge in [0.15, 0.2) is 0 Å². The first-order valence-electron chi connectivity index (χ1n) is 6.24. The Morgan fingerprint density at radius 2 is 1.74 bits per heavy atom. The van der Waals surface area contributed by atoms with Crippen LogP contribution >= 0.6 is 46.4 Å². The average molecular weight is 393 g/mol. The van der Waals surface area contributed by atoms with E-state index in [0.29, 0.717) is 26.2 Å². The first-order chi connectivity index (χ1) is 10.9. The average Bonchev–Trinajstić information content (AvgIpc) is 2.45. The summed E-state index contributed by atoms with van der Waals surface area (Å²) in [7, 11) is 0. The van der Waals surface area contributed by atoms with Gasteiger partial charge in [-0.2, -0.15) is 0 Å². The highest BCUT2D eigenvalue weighted by Crippen LogP contribution is 2.34. The van der Waals surface area contributed by atoms with Gasteiger partial charge < -0.3 is 4.74 Å². The molecule has 0 aliphatic rings. The first kappa shape index (κ1) is 17.9. The van der Waals surface area contributed by atoms with E-state index >= 15 is 0 Å². The predicted molar refractivity (Wildman–Crippen MR) is 93.3 cm³/mol. The second-order valence-corrected chi connectivity index (χ2v) is 6.12. The summed E-state index contributed by atoms with van der Waals surface area (Å²) in [4.78, 5) is 9.90. The van der Waals surface area contributed by atoms with Crippen LogP contribution in [-0.2, 0) is 6.61 Å². The third-order valence-corrected chi connectivity index (χ3v) is 3.89. The molecule has 8 heteroatoms. The fourth-order valence-corrected chi connectivity index (χ4v) is 2.81. The van der Waals surface area contributed by atoms with E-state index in [1.54, 1.807) is 18.2 Å². The molecule has 0 N–H and O–H groups in total. The molecule has 0 aliphatic carbocycles. The van der Waals surface area contributed by atoms with E-state index < -0.39 is 4.92 Å². The Labute approximate surface area is 152 Å². The van der Waals surface area contributed by atoms with Crippen LogP contribution in [0.3, 0.4) is 0 Å². The lowest BCUT2D eigenvalue weighted by molar-refractivity contribution is -0.400. The Kier molecular flexibility index (Phi) is 6.13. The molecular weight excluding hydrogens is 384 g/mol. The third kappa shape index (κ3) is 5.01. The maximum absolute atomic E-state index is 10.5. The maximum atomic E-state index is 10.5. The maximum Gasteiger partial charge on any atom is 0.235 e. The molecule has 23 heavy (non-hydrogen) atoms. The monoisotopic (exact) mass is 391 g/mol. The number of ether oxygens (including phenoxy) is 1. The molecule has 0 radical (unpaired) electrons. The Bertz CT molecular complexity index is 778.